The molecule has 3 aromatic carbocycles. The standard InChI is InChI=1S/C19H13ClF2N2O2/c20-15-10-17(22)16(21)9-14(15)19(26)24-23-18(25)8-12-6-3-5-11-4-1-2-7-13(11)12/h1-7,9-10H,8H2,(H,23,25)(H,24,26). The lowest BCUT2D eigenvalue weighted by molar-refractivity contribution is -0.121. The average molecular weight is 375 g/mol. The molecule has 0 aliphatic rings. The fourth-order valence-corrected chi connectivity index (χ4v) is 2.79. The summed E-state index contributed by atoms with van der Waals surface area (Å²) in [5.41, 5.74) is 4.90. The van der Waals surface area contributed by atoms with E-state index in [4.69, 9.17) is 11.6 Å². The second-order valence-electron chi connectivity index (χ2n) is 5.56. The zero-order chi connectivity index (χ0) is 18.7. The van der Waals surface area contributed by atoms with Crippen molar-refractivity contribution in [3.63, 3.8) is 0 Å². The van der Waals surface area contributed by atoms with Crippen molar-refractivity contribution in [2.24, 2.45) is 0 Å². The molecule has 0 saturated heterocycles. The van der Waals surface area contributed by atoms with Crippen LogP contribution in [0.15, 0.2) is 54.6 Å². The summed E-state index contributed by atoms with van der Waals surface area (Å²) in [5.74, 6) is -3.68. The normalized spacial score (nSPS) is 10.6. The number of nitrogens with one attached hydrogen (secondary N) is 2. The van der Waals surface area contributed by atoms with Crippen LogP contribution in [0.4, 0.5) is 8.78 Å². The second kappa shape index (κ2) is 7.49. The van der Waals surface area contributed by atoms with Crippen molar-refractivity contribution in [3.8, 4) is 0 Å². The molecule has 0 aromatic heterocycles. The van der Waals surface area contributed by atoms with E-state index >= 15 is 0 Å². The maximum absolute atomic E-state index is 13.3. The molecular weight excluding hydrogens is 362 g/mol. The van der Waals surface area contributed by atoms with Crippen molar-refractivity contribution in [1.29, 1.82) is 0 Å². The SMILES string of the molecule is O=C(Cc1cccc2ccccc12)NNC(=O)c1cc(F)c(F)cc1Cl. The Balaban J connectivity index is 1.67. The Bertz CT molecular complexity index is 1000. The lowest BCUT2D eigenvalue weighted by atomic mass is 10.0. The summed E-state index contributed by atoms with van der Waals surface area (Å²) in [4.78, 5) is 24.1. The van der Waals surface area contributed by atoms with Gasteiger partial charge in [0.05, 0.1) is 17.0 Å². The van der Waals surface area contributed by atoms with E-state index in [2.05, 4.69) is 10.9 Å². The zero-order valence-electron chi connectivity index (χ0n) is 13.4. The molecule has 0 saturated carbocycles. The van der Waals surface area contributed by atoms with Crippen molar-refractivity contribution in [3.05, 3.63) is 82.4 Å². The van der Waals surface area contributed by atoms with Gasteiger partial charge in [-0.1, -0.05) is 54.1 Å². The van der Waals surface area contributed by atoms with Gasteiger partial charge in [0.2, 0.25) is 5.91 Å². The summed E-state index contributed by atoms with van der Waals surface area (Å²) in [7, 11) is 0. The van der Waals surface area contributed by atoms with E-state index in [-0.39, 0.29) is 17.0 Å². The quantitative estimate of drug-likeness (QED) is 0.541. The van der Waals surface area contributed by atoms with Gasteiger partial charge < -0.3 is 0 Å². The number of carbonyl (C=O) groups excluding carboxylic acids is 2. The first-order valence-electron chi connectivity index (χ1n) is 7.66. The van der Waals surface area contributed by atoms with Gasteiger partial charge in [0.1, 0.15) is 0 Å². The molecule has 2 amide bonds. The van der Waals surface area contributed by atoms with Crippen LogP contribution in [0.5, 0.6) is 0 Å². The van der Waals surface area contributed by atoms with Crippen LogP contribution in [0.3, 0.4) is 0 Å². The molecule has 132 valence electrons. The van der Waals surface area contributed by atoms with E-state index in [1.165, 1.54) is 0 Å². The van der Waals surface area contributed by atoms with Crippen molar-refractivity contribution in [2.45, 2.75) is 6.42 Å². The molecule has 0 spiro atoms. The predicted molar refractivity (Wildman–Crippen MR) is 94.6 cm³/mol. The van der Waals surface area contributed by atoms with Gasteiger partial charge in [0, 0.05) is 0 Å². The van der Waals surface area contributed by atoms with E-state index in [0.717, 1.165) is 16.3 Å². The van der Waals surface area contributed by atoms with Crippen molar-refractivity contribution in [2.75, 3.05) is 0 Å². The molecule has 3 rings (SSSR count). The fourth-order valence-electron chi connectivity index (χ4n) is 2.55. The number of hydrogen-bond acceptors (Lipinski definition) is 2. The van der Waals surface area contributed by atoms with Gasteiger partial charge in [-0.3, -0.25) is 20.4 Å². The molecule has 0 aliphatic carbocycles. The van der Waals surface area contributed by atoms with Crippen LogP contribution in [0.2, 0.25) is 5.02 Å². The van der Waals surface area contributed by atoms with Crippen LogP contribution >= 0.6 is 11.6 Å². The van der Waals surface area contributed by atoms with Gasteiger partial charge >= 0.3 is 0 Å². The van der Waals surface area contributed by atoms with Crippen LogP contribution in [-0.4, -0.2) is 11.8 Å². The van der Waals surface area contributed by atoms with E-state index in [0.29, 0.717) is 12.1 Å². The first-order chi connectivity index (χ1) is 12.5. The number of halogens is 3. The summed E-state index contributed by atoms with van der Waals surface area (Å²) in [6.07, 6.45) is 0.0349. The van der Waals surface area contributed by atoms with E-state index in [1.807, 2.05) is 42.5 Å². The maximum atomic E-state index is 13.3. The Kier molecular flexibility index (Phi) is 5.14. The molecule has 0 aliphatic heterocycles. The van der Waals surface area contributed by atoms with Crippen LogP contribution in [-0.2, 0) is 11.2 Å². The highest BCUT2D eigenvalue weighted by Crippen LogP contribution is 2.20. The Hall–Kier alpha value is -2.99. The molecule has 0 radical (unpaired) electrons. The third-order valence-electron chi connectivity index (χ3n) is 3.80. The third-order valence-corrected chi connectivity index (χ3v) is 4.11. The molecule has 4 nitrogen and oxygen atoms in total. The van der Waals surface area contributed by atoms with Crippen LogP contribution in [0.1, 0.15) is 15.9 Å². The summed E-state index contributed by atoms with van der Waals surface area (Å²) in [6, 6.07) is 14.6. The van der Waals surface area contributed by atoms with Crippen molar-refractivity contribution < 1.29 is 18.4 Å². The minimum atomic E-state index is -1.21. The minimum Gasteiger partial charge on any atom is -0.273 e. The number of benzene rings is 3. The van der Waals surface area contributed by atoms with Crippen LogP contribution in [0.25, 0.3) is 10.8 Å². The number of hydrazine groups is 1. The zero-order valence-corrected chi connectivity index (χ0v) is 14.1. The number of rotatable bonds is 3. The van der Waals surface area contributed by atoms with E-state index in [9.17, 15) is 18.4 Å². The summed E-state index contributed by atoms with van der Waals surface area (Å²) in [5, 5.41) is 1.67. The van der Waals surface area contributed by atoms with E-state index in [1.54, 1.807) is 0 Å². The van der Waals surface area contributed by atoms with Crippen molar-refractivity contribution >= 4 is 34.2 Å². The lowest BCUT2D eigenvalue weighted by Gasteiger charge is -2.10. The number of carbonyl (C=O) groups is 2. The summed E-state index contributed by atoms with van der Waals surface area (Å²) < 4.78 is 26.3. The number of hydrogen-bond donors (Lipinski definition) is 2. The van der Waals surface area contributed by atoms with E-state index < -0.39 is 23.4 Å². The second-order valence-corrected chi connectivity index (χ2v) is 5.97. The molecule has 0 bridgehead atoms. The molecule has 7 heteroatoms. The van der Waals surface area contributed by atoms with Gasteiger partial charge in [-0.2, -0.15) is 0 Å². The fraction of sp³-hybridized carbons (Fsp3) is 0.0526. The first-order valence-corrected chi connectivity index (χ1v) is 8.04. The maximum Gasteiger partial charge on any atom is 0.271 e. The van der Waals surface area contributed by atoms with Crippen LogP contribution < -0.4 is 10.9 Å². The van der Waals surface area contributed by atoms with Gasteiger partial charge in [-0.25, -0.2) is 8.78 Å². The van der Waals surface area contributed by atoms with Gasteiger partial charge in [0.15, 0.2) is 11.6 Å². The molecule has 26 heavy (non-hydrogen) atoms. The highest BCUT2D eigenvalue weighted by Gasteiger charge is 2.16. The van der Waals surface area contributed by atoms with Gasteiger partial charge in [-0.05, 0) is 28.5 Å². The van der Waals surface area contributed by atoms with Crippen LogP contribution in [0, 0.1) is 11.6 Å². The third kappa shape index (κ3) is 3.81. The molecular formula is C19H13ClF2N2O2. The summed E-state index contributed by atoms with van der Waals surface area (Å²) in [6.45, 7) is 0. The Labute approximate surface area is 152 Å². The largest absolute Gasteiger partial charge is 0.273 e. The topological polar surface area (TPSA) is 58.2 Å². The average Bonchev–Trinajstić information content (AvgIpc) is 2.63. The van der Waals surface area contributed by atoms with Gasteiger partial charge in [-0.15, -0.1) is 0 Å². The monoisotopic (exact) mass is 374 g/mol. The molecule has 0 fully saturated rings. The Morgan fingerprint density at radius 1 is 0.923 bits per heavy atom. The highest BCUT2D eigenvalue weighted by molar-refractivity contribution is 6.33. The highest BCUT2D eigenvalue weighted by atomic mass is 35.5. The molecule has 3 aromatic rings. The molecule has 0 unspecified atom stereocenters. The predicted octanol–water partition coefficient (Wildman–Crippen LogP) is 3.78. The molecule has 0 atom stereocenters. The Morgan fingerprint density at radius 3 is 2.42 bits per heavy atom. The minimum absolute atomic E-state index is 0.0349. The number of amides is 2. The smallest absolute Gasteiger partial charge is 0.271 e. The Morgan fingerprint density at radius 2 is 1.62 bits per heavy atom. The summed E-state index contributed by atoms with van der Waals surface area (Å²) >= 11 is 5.73. The molecule has 0 heterocycles. The van der Waals surface area contributed by atoms with Crippen molar-refractivity contribution in [1.82, 2.24) is 10.9 Å². The molecule has 2 N–H and O–H groups in total. The number of fused-ring (bicyclic) bond motifs is 1. The first kappa shape index (κ1) is 17.8. The lowest BCUT2D eigenvalue weighted by Crippen LogP contribution is -2.42. The van der Waals surface area contributed by atoms with Gasteiger partial charge in [0.25, 0.3) is 5.91 Å².